The molecule has 0 bridgehead atoms. The number of aromatic nitrogens is 7. The van der Waals surface area contributed by atoms with Crippen LogP contribution >= 0.6 is 0 Å². The molecule has 0 amide bonds. The number of imidazole rings is 1. The molecule has 4 rings (SSSR count). The van der Waals surface area contributed by atoms with E-state index in [-0.39, 0.29) is 5.82 Å². The summed E-state index contributed by atoms with van der Waals surface area (Å²) in [6, 6.07) is 3.45. The van der Waals surface area contributed by atoms with Crippen molar-refractivity contribution in [3.05, 3.63) is 37.1 Å². The topological polar surface area (TPSA) is 135 Å². The summed E-state index contributed by atoms with van der Waals surface area (Å²) in [6.45, 7) is 0. The maximum atomic E-state index is 12.0. The molecule has 0 saturated heterocycles. The van der Waals surface area contributed by atoms with Crippen molar-refractivity contribution in [2.24, 2.45) is 7.05 Å². The summed E-state index contributed by atoms with van der Waals surface area (Å²) in [4.78, 5) is 20.3. The quantitative estimate of drug-likeness (QED) is 0.512. The molecule has 0 fully saturated rings. The minimum absolute atomic E-state index is 0.263. The number of sulfonamides is 1. The molecule has 0 spiro atoms. The van der Waals surface area contributed by atoms with Gasteiger partial charge in [0.05, 0.1) is 23.7 Å². The fraction of sp³-hybridized carbons (Fsp3) is 0.188. The van der Waals surface area contributed by atoms with Crippen molar-refractivity contribution < 1.29 is 8.42 Å². The molecule has 28 heavy (non-hydrogen) atoms. The fourth-order valence-corrected chi connectivity index (χ4v) is 3.12. The second kappa shape index (κ2) is 6.56. The molecule has 0 aliphatic heterocycles. The van der Waals surface area contributed by atoms with Gasteiger partial charge in [0.1, 0.15) is 17.7 Å². The number of H-pyrrole nitrogens is 1. The SMILES string of the molecule is CN(c1ncccc1-c1nc2ncnc(Nc3cnn(C)c3)c2[nH]1)S(C)(=O)=O. The first-order valence-corrected chi connectivity index (χ1v) is 10.0. The Labute approximate surface area is 160 Å². The van der Waals surface area contributed by atoms with E-state index in [4.69, 9.17) is 0 Å². The van der Waals surface area contributed by atoms with Crippen LogP contribution in [0.2, 0.25) is 0 Å². The van der Waals surface area contributed by atoms with Crippen LogP contribution in [-0.4, -0.2) is 56.4 Å². The first-order valence-electron chi connectivity index (χ1n) is 8.18. The molecule has 0 atom stereocenters. The van der Waals surface area contributed by atoms with Gasteiger partial charge in [-0.2, -0.15) is 5.10 Å². The number of aryl methyl sites for hydroxylation is 1. The molecular formula is C16H17N9O2S. The van der Waals surface area contributed by atoms with E-state index in [2.05, 4.69) is 35.3 Å². The normalized spacial score (nSPS) is 11.7. The third-order valence-electron chi connectivity index (χ3n) is 4.09. The Morgan fingerprint density at radius 2 is 2.07 bits per heavy atom. The Morgan fingerprint density at radius 3 is 2.79 bits per heavy atom. The van der Waals surface area contributed by atoms with Gasteiger partial charge in [-0.05, 0) is 12.1 Å². The van der Waals surface area contributed by atoms with Crippen molar-refractivity contribution in [2.75, 3.05) is 22.9 Å². The minimum atomic E-state index is -3.48. The zero-order valence-corrected chi connectivity index (χ0v) is 16.1. The third kappa shape index (κ3) is 3.24. The van der Waals surface area contributed by atoms with Crippen LogP contribution in [0.15, 0.2) is 37.1 Å². The first-order chi connectivity index (χ1) is 13.3. The highest BCUT2D eigenvalue weighted by Gasteiger charge is 2.20. The zero-order chi connectivity index (χ0) is 19.9. The maximum Gasteiger partial charge on any atom is 0.233 e. The predicted molar refractivity (Wildman–Crippen MR) is 105 cm³/mol. The summed E-state index contributed by atoms with van der Waals surface area (Å²) >= 11 is 0. The van der Waals surface area contributed by atoms with Gasteiger partial charge in [-0.1, -0.05) is 0 Å². The van der Waals surface area contributed by atoms with Crippen molar-refractivity contribution in [1.82, 2.24) is 34.7 Å². The maximum absolute atomic E-state index is 12.0. The van der Waals surface area contributed by atoms with Crippen molar-refractivity contribution in [1.29, 1.82) is 0 Å². The van der Waals surface area contributed by atoms with E-state index >= 15 is 0 Å². The van der Waals surface area contributed by atoms with Crippen LogP contribution in [0.5, 0.6) is 0 Å². The van der Waals surface area contributed by atoms with E-state index in [1.807, 2.05) is 13.2 Å². The lowest BCUT2D eigenvalue weighted by atomic mass is 10.2. The van der Waals surface area contributed by atoms with E-state index < -0.39 is 10.0 Å². The minimum Gasteiger partial charge on any atom is -0.336 e. The Bertz CT molecular complexity index is 1260. The van der Waals surface area contributed by atoms with E-state index in [0.29, 0.717) is 28.4 Å². The van der Waals surface area contributed by atoms with E-state index in [1.165, 1.54) is 19.6 Å². The molecule has 0 aromatic carbocycles. The lowest BCUT2D eigenvalue weighted by Crippen LogP contribution is -2.26. The molecule has 11 nitrogen and oxygen atoms in total. The van der Waals surface area contributed by atoms with E-state index in [0.717, 1.165) is 16.2 Å². The summed E-state index contributed by atoms with van der Waals surface area (Å²) in [5.74, 6) is 1.22. The molecule has 0 aliphatic carbocycles. The predicted octanol–water partition coefficient (Wildman–Crippen LogP) is 1.29. The van der Waals surface area contributed by atoms with Crippen molar-refractivity contribution in [3.8, 4) is 11.4 Å². The summed E-state index contributed by atoms with van der Waals surface area (Å²) in [7, 11) is -0.223. The van der Waals surface area contributed by atoms with Crippen molar-refractivity contribution in [2.45, 2.75) is 0 Å². The highest BCUT2D eigenvalue weighted by atomic mass is 32.2. The van der Waals surface area contributed by atoms with Gasteiger partial charge >= 0.3 is 0 Å². The van der Waals surface area contributed by atoms with E-state index in [1.54, 1.807) is 23.0 Å². The molecule has 2 N–H and O–H groups in total. The Kier molecular flexibility index (Phi) is 4.19. The molecule has 4 heterocycles. The molecule has 0 radical (unpaired) electrons. The van der Waals surface area contributed by atoms with Crippen LogP contribution in [0.25, 0.3) is 22.6 Å². The largest absolute Gasteiger partial charge is 0.336 e. The molecule has 0 unspecified atom stereocenters. The fourth-order valence-electron chi connectivity index (χ4n) is 2.66. The van der Waals surface area contributed by atoms with Gasteiger partial charge in [0.2, 0.25) is 10.0 Å². The number of nitrogens with zero attached hydrogens (tertiary/aromatic N) is 7. The van der Waals surface area contributed by atoms with Crippen LogP contribution in [0.4, 0.5) is 17.3 Å². The number of nitrogens with one attached hydrogen (secondary N) is 2. The zero-order valence-electron chi connectivity index (χ0n) is 15.3. The lowest BCUT2D eigenvalue weighted by Gasteiger charge is -2.17. The first kappa shape index (κ1) is 17.9. The second-order valence-electron chi connectivity index (χ2n) is 6.14. The molecule has 0 saturated carbocycles. The highest BCUT2D eigenvalue weighted by molar-refractivity contribution is 7.92. The highest BCUT2D eigenvalue weighted by Crippen LogP contribution is 2.30. The van der Waals surface area contributed by atoms with Gasteiger partial charge in [-0.3, -0.25) is 8.99 Å². The van der Waals surface area contributed by atoms with Crippen molar-refractivity contribution in [3.63, 3.8) is 0 Å². The van der Waals surface area contributed by atoms with Gasteiger partial charge in [-0.15, -0.1) is 0 Å². The number of aromatic amines is 1. The standard InChI is InChI=1S/C16H17N9O2S/c1-24-8-10(7-20-24)21-14-12-15(19-9-18-14)23-13(22-12)11-5-4-6-17-16(11)25(2)28(3,26)27/h4-9H,1-3H3,(H2,18,19,21,22,23). The van der Waals surface area contributed by atoms with Gasteiger partial charge < -0.3 is 10.3 Å². The number of fused-ring (bicyclic) bond motifs is 1. The third-order valence-corrected chi connectivity index (χ3v) is 5.26. The summed E-state index contributed by atoms with van der Waals surface area (Å²) in [6.07, 6.45) is 7.53. The number of pyridine rings is 1. The average molecular weight is 399 g/mol. The monoisotopic (exact) mass is 399 g/mol. The Balaban J connectivity index is 1.81. The summed E-state index contributed by atoms with van der Waals surface area (Å²) in [5.41, 5.74) is 2.31. The molecule has 144 valence electrons. The molecule has 4 aromatic rings. The average Bonchev–Trinajstić information content (AvgIpc) is 3.27. The molecule has 4 aromatic heterocycles. The number of hydrogen-bond donors (Lipinski definition) is 2. The van der Waals surface area contributed by atoms with Gasteiger partial charge in [0.15, 0.2) is 17.3 Å². The lowest BCUT2D eigenvalue weighted by molar-refractivity contribution is 0.600. The number of rotatable bonds is 5. The number of anilines is 3. The van der Waals surface area contributed by atoms with Crippen molar-refractivity contribution >= 4 is 38.5 Å². The summed E-state index contributed by atoms with van der Waals surface area (Å²) in [5, 5.41) is 7.28. The number of hydrogen-bond acceptors (Lipinski definition) is 8. The van der Waals surface area contributed by atoms with Gasteiger partial charge in [-0.25, -0.2) is 28.4 Å². The Hall–Kier alpha value is -3.54. The van der Waals surface area contributed by atoms with Crippen LogP contribution in [0, 0.1) is 0 Å². The molecule has 12 heteroatoms. The van der Waals surface area contributed by atoms with Crippen LogP contribution < -0.4 is 9.62 Å². The van der Waals surface area contributed by atoms with Gasteiger partial charge in [0.25, 0.3) is 0 Å². The van der Waals surface area contributed by atoms with Gasteiger partial charge in [0, 0.05) is 26.5 Å². The molecule has 0 aliphatic rings. The smallest absolute Gasteiger partial charge is 0.233 e. The van der Waals surface area contributed by atoms with Crippen LogP contribution in [-0.2, 0) is 17.1 Å². The summed E-state index contributed by atoms with van der Waals surface area (Å²) < 4.78 is 26.7. The molecular weight excluding hydrogens is 382 g/mol. The van der Waals surface area contributed by atoms with Crippen LogP contribution in [0.3, 0.4) is 0 Å². The Morgan fingerprint density at radius 1 is 1.25 bits per heavy atom. The second-order valence-corrected chi connectivity index (χ2v) is 8.15. The van der Waals surface area contributed by atoms with E-state index in [9.17, 15) is 8.42 Å². The van der Waals surface area contributed by atoms with Crippen LogP contribution in [0.1, 0.15) is 0 Å².